The summed E-state index contributed by atoms with van der Waals surface area (Å²) in [5, 5.41) is 3.09. The molecule has 0 aliphatic heterocycles. The molecule has 3 rings (SSSR count). The molecule has 17 heavy (non-hydrogen) atoms. The number of nitrogens with two attached hydrogens (primary N) is 1. The number of rotatable bonds is 3. The smallest absolute Gasteiger partial charge is 0.240 e. The number of fused-ring (bicyclic) bond motifs is 2. The van der Waals surface area contributed by atoms with Gasteiger partial charge in [-0.3, -0.25) is 4.79 Å². The minimum absolute atomic E-state index is 0. The number of amides is 1. The first kappa shape index (κ1) is 13.2. The zero-order chi connectivity index (χ0) is 11.2. The van der Waals surface area contributed by atoms with Crippen molar-refractivity contribution in [1.82, 2.24) is 5.32 Å². The number of nitrogens with one attached hydrogen (secondary N) is 1. The van der Waals surface area contributed by atoms with Gasteiger partial charge in [0.05, 0.1) is 5.54 Å². The fourth-order valence-electron chi connectivity index (χ4n) is 3.81. The molecule has 3 fully saturated rings. The third-order valence-corrected chi connectivity index (χ3v) is 5.11. The number of halogens is 1. The topological polar surface area (TPSA) is 55.1 Å². The van der Waals surface area contributed by atoms with Gasteiger partial charge in [-0.15, -0.1) is 12.4 Å². The van der Waals surface area contributed by atoms with Crippen LogP contribution in [0.3, 0.4) is 0 Å². The maximum absolute atomic E-state index is 11.9. The van der Waals surface area contributed by atoms with Gasteiger partial charge in [0, 0.05) is 6.54 Å². The summed E-state index contributed by atoms with van der Waals surface area (Å²) in [6.07, 6.45) is 8.41. The molecule has 1 amide bonds. The molecule has 0 heterocycles. The van der Waals surface area contributed by atoms with Gasteiger partial charge in [0.15, 0.2) is 0 Å². The van der Waals surface area contributed by atoms with Crippen LogP contribution in [0.2, 0.25) is 0 Å². The van der Waals surface area contributed by atoms with E-state index in [4.69, 9.17) is 5.73 Å². The average molecular weight is 259 g/mol. The monoisotopic (exact) mass is 258 g/mol. The Morgan fingerprint density at radius 3 is 2.53 bits per heavy atom. The van der Waals surface area contributed by atoms with Crippen LogP contribution in [0.5, 0.6) is 0 Å². The molecule has 3 saturated carbocycles. The highest BCUT2D eigenvalue weighted by molar-refractivity contribution is 5.87. The Morgan fingerprint density at radius 2 is 2.06 bits per heavy atom. The van der Waals surface area contributed by atoms with Gasteiger partial charge < -0.3 is 11.1 Å². The second-order valence-electron chi connectivity index (χ2n) is 6.15. The summed E-state index contributed by atoms with van der Waals surface area (Å²) >= 11 is 0. The van der Waals surface area contributed by atoms with Gasteiger partial charge in [-0.05, 0) is 56.3 Å². The van der Waals surface area contributed by atoms with Crippen molar-refractivity contribution in [2.24, 2.45) is 23.5 Å². The fourth-order valence-corrected chi connectivity index (χ4v) is 3.81. The van der Waals surface area contributed by atoms with Gasteiger partial charge in [-0.1, -0.05) is 6.42 Å². The molecule has 3 aliphatic rings. The van der Waals surface area contributed by atoms with Crippen molar-refractivity contribution in [2.75, 3.05) is 6.54 Å². The quantitative estimate of drug-likeness (QED) is 0.812. The van der Waals surface area contributed by atoms with Crippen molar-refractivity contribution in [1.29, 1.82) is 0 Å². The van der Waals surface area contributed by atoms with E-state index in [0.717, 1.165) is 43.6 Å². The van der Waals surface area contributed by atoms with Gasteiger partial charge in [0.2, 0.25) is 5.91 Å². The highest BCUT2D eigenvalue weighted by Gasteiger charge is 2.42. The first-order valence-corrected chi connectivity index (χ1v) is 6.74. The van der Waals surface area contributed by atoms with Crippen molar-refractivity contribution in [3.8, 4) is 0 Å². The summed E-state index contributed by atoms with van der Waals surface area (Å²) in [6.45, 7) is 0.874. The van der Waals surface area contributed by atoms with Crippen molar-refractivity contribution >= 4 is 18.3 Å². The van der Waals surface area contributed by atoms with Crippen LogP contribution < -0.4 is 11.1 Å². The number of carbonyl (C=O) groups excluding carboxylic acids is 1. The average Bonchev–Trinajstić information content (AvgIpc) is 2.83. The summed E-state index contributed by atoms with van der Waals surface area (Å²) < 4.78 is 0. The van der Waals surface area contributed by atoms with E-state index in [1.807, 2.05) is 0 Å². The van der Waals surface area contributed by atoms with Crippen LogP contribution in [-0.4, -0.2) is 18.0 Å². The van der Waals surface area contributed by atoms with Crippen LogP contribution in [0.1, 0.15) is 44.9 Å². The number of carbonyl (C=O) groups is 1. The lowest BCUT2D eigenvalue weighted by Gasteiger charge is -2.36. The van der Waals surface area contributed by atoms with E-state index in [-0.39, 0.29) is 18.3 Å². The highest BCUT2D eigenvalue weighted by atomic mass is 35.5. The van der Waals surface area contributed by atoms with E-state index in [9.17, 15) is 4.79 Å². The molecule has 0 radical (unpaired) electrons. The molecule has 0 saturated heterocycles. The van der Waals surface area contributed by atoms with Gasteiger partial charge >= 0.3 is 0 Å². The number of hydrogen-bond acceptors (Lipinski definition) is 2. The molecule has 0 spiro atoms. The van der Waals surface area contributed by atoms with Crippen LogP contribution in [0.15, 0.2) is 0 Å². The minimum Gasteiger partial charge on any atom is -0.354 e. The Morgan fingerprint density at radius 1 is 1.29 bits per heavy atom. The molecule has 3 aliphatic carbocycles. The van der Waals surface area contributed by atoms with Gasteiger partial charge in [-0.25, -0.2) is 0 Å². The van der Waals surface area contributed by atoms with E-state index < -0.39 is 5.54 Å². The molecule has 0 aromatic heterocycles. The molecule has 0 aromatic rings. The molecule has 3 N–H and O–H groups in total. The zero-order valence-corrected chi connectivity index (χ0v) is 11.1. The Hall–Kier alpha value is -0.280. The summed E-state index contributed by atoms with van der Waals surface area (Å²) in [5.41, 5.74) is 5.48. The maximum Gasteiger partial charge on any atom is 0.240 e. The molecular weight excluding hydrogens is 236 g/mol. The Bertz CT molecular complexity index is 304. The van der Waals surface area contributed by atoms with Crippen LogP contribution in [0.25, 0.3) is 0 Å². The first-order valence-electron chi connectivity index (χ1n) is 6.74. The van der Waals surface area contributed by atoms with E-state index in [1.165, 1.54) is 25.7 Å². The van der Waals surface area contributed by atoms with Crippen molar-refractivity contribution in [3.63, 3.8) is 0 Å². The van der Waals surface area contributed by atoms with Crippen molar-refractivity contribution in [3.05, 3.63) is 0 Å². The lowest BCUT2D eigenvalue weighted by atomic mass is 9.77. The van der Waals surface area contributed by atoms with E-state index in [0.29, 0.717) is 0 Å². The van der Waals surface area contributed by atoms with Crippen molar-refractivity contribution in [2.45, 2.75) is 50.5 Å². The lowest BCUT2D eigenvalue weighted by molar-refractivity contribution is -0.129. The molecule has 3 unspecified atom stereocenters. The zero-order valence-electron chi connectivity index (χ0n) is 10.3. The summed E-state index contributed by atoms with van der Waals surface area (Å²) in [4.78, 5) is 11.9. The fraction of sp³-hybridized carbons (Fsp3) is 0.923. The largest absolute Gasteiger partial charge is 0.354 e. The molecule has 2 bridgehead atoms. The Labute approximate surface area is 109 Å². The second-order valence-corrected chi connectivity index (χ2v) is 6.15. The normalized spacial score (nSPS) is 37.1. The summed E-state index contributed by atoms with van der Waals surface area (Å²) in [6, 6.07) is 0. The minimum atomic E-state index is -0.516. The van der Waals surface area contributed by atoms with Crippen molar-refractivity contribution < 1.29 is 4.79 Å². The predicted octanol–water partition coefficient (Wildman–Crippen LogP) is 1.84. The van der Waals surface area contributed by atoms with E-state index >= 15 is 0 Å². The van der Waals surface area contributed by atoms with Gasteiger partial charge in [-0.2, -0.15) is 0 Å². The lowest BCUT2D eigenvalue weighted by Crippen LogP contribution is -2.59. The molecule has 3 nitrogen and oxygen atoms in total. The van der Waals surface area contributed by atoms with Crippen LogP contribution >= 0.6 is 12.4 Å². The SMILES string of the molecule is Cl.NC1(C(=O)NCC2CC3CCC2C3)CCC1. The summed E-state index contributed by atoms with van der Waals surface area (Å²) in [5.74, 6) is 2.69. The molecular formula is C13H23ClN2O. The second kappa shape index (κ2) is 4.77. The maximum atomic E-state index is 11.9. The first-order chi connectivity index (χ1) is 7.67. The molecule has 3 atom stereocenters. The third-order valence-electron chi connectivity index (χ3n) is 5.11. The summed E-state index contributed by atoms with van der Waals surface area (Å²) in [7, 11) is 0. The molecule has 4 heteroatoms. The third kappa shape index (κ3) is 2.32. The Balaban J connectivity index is 0.00000108. The van der Waals surface area contributed by atoms with Crippen LogP contribution in [0, 0.1) is 17.8 Å². The van der Waals surface area contributed by atoms with Gasteiger partial charge in [0.25, 0.3) is 0 Å². The van der Waals surface area contributed by atoms with E-state index in [2.05, 4.69) is 5.32 Å². The Kier molecular flexibility index (Phi) is 3.69. The molecule has 0 aromatic carbocycles. The standard InChI is InChI=1S/C13H22N2O.ClH/c14-13(4-1-5-13)12(16)15-8-11-7-9-2-3-10(11)6-9;/h9-11H,1-8,14H2,(H,15,16);1H. The van der Waals surface area contributed by atoms with Crippen LogP contribution in [0.4, 0.5) is 0 Å². The van der Waals surface area contributed by atoms with E-state index in [1.54, 1.807) is 0 Å². The van der Waals surface area contributed by atoms with Crippen LogP contribution in [-0.2, 0) is 4.79 Å². The predicted molar refractivity (Wildman–Crippen MR) is 70.0 cm³/mol. The number of hydrogen-bond donors (Lipinski definition) is 2. The molecule has 98 valence electrons. The highest BCUT2D eigenvalue weighted by Crippen LogP contribution is 2.48. The van der Waals surface area contributed by atoms with Gasteiger partial charge in [0.1, 0.15) is 0 Å².